The monoisotopic (exact) mass is 200 g/mol. The van der Waals surface area contributed by atoms with Gasteiger partial charge in [-0.1, -0.05) is 27.7 Å². The van der Waals surface area contributed by atoms with Gasteiger partial charge in [0.15, 0.2) is 0 Å². The molecule has 0 saturated carbocycles. The second kappa shape index (κ2) is 7.24. The van der Waals surface area contributed by atoms with Crippen molar-refractivity contribution < 1.29 is 0 Å². The molecule has 0 aromatic heterocycles. The van der Waals surface area contributed by atoms with Gasteiger partial charge < -0.3 is 0 Å². The average molecular weight is 200 g/mol. The minimum absolute atomic E-state index is 0.560. The zero-order valence-electron chi connectivity index (χ0n) is 10.7. The van der Waals surface area contributed by atoms with E-state index in [1.807, 2.05) is 0 Å². The van der Waals surface area contributed by atoms with Gasteiger partial charge in [-0.05, 0) is 38.5 Å². The molecule has 0 heterocycles. The van der Waals surface area contributed by atoms with E-state index in [0.717, 1.165) is 11.8 Å². The molecule has 2 atom stereocenters. The molecule has 0 aliphatic rings. The molecule has 0 spiro atoms. The van der Waals surface area contributed by atoms with E-state index in [1.165, 1.54) is 12.8 Å². The van der Waals surface area contributed by atoms with Crippen LogP contribution < -0.4 is 10.9 Å². The molecule has 2 nitrogen and oxygen atoms in total. The molecule has 14 heavy (non-hydrogen) atoms. The standard InChI is InChI=1S/C12H28N2/c1-9(2)7-11(5)13-14-12(6)8-10(3)4/h9-14H,7-8H2,1-6H3/t11-,12-/m0/s1. The van der Waals surface area contributed by atoms with Crippen molar-refractivity contribution in [3.63, 3.8) is 0 Å². The predicted octanol–water partition coefficient (Wildman–Crippen LogP) is 2.95. The van der Waals surface area contributed by atoms with Crippen LogP contribution in [0.2, 0.25) is 0 Å². The van der Waals surface area contributed by atoms with Gasteiger partial charge in [0.25, 0.3) is 0 Å². The number of hydrogen-bond donors (Lipinski definition) is 2. The molecule has 0 saturated heterocycles. The van der Waals surface area contributed by atoms with Gasteiger partial charge in [0, 0.05) is 12.1 Å². The van der Waals surface area contributed by atoms with Gasteiger partial charge in [-0.25, -0.2) is 0 Å². The Morgan fingerprint density at radius 2 is 0.929 bits per heavy atom. The molecule has 0 aromatic carbocycles. The summed E-state index contributed by atoms with van der Waals surface area (Å²) in [6, 6.07) is 1.12. The minimum atomic E-state index is 0.560. The fraction of sp³-hybridized carbons (Fsp3) is 1.00. The van der Waals surface area contributed by atoms with Crippen LogP contribution in [0.5, 0.6) is 0 Å². The maximum absolute atomic E-state index is 3.37. The SMILES string of the molecule is CC(C)C[C@H](C)NN[C@@H](C)CC(C)C. The lowest BCUT2D eigenvalue weighted by Gasteiger charge is -2.21. The second-order valence-electron chi connectivity index (χ2n) is 5.35. The molecule has 0 bridgehead atoms. The molecular formula is C12H28N2. The van der Waals surface area contributed by atoms with Gasteiger partial charge in [-0.2, -0.15) is 0 Å². The van der Waals surface area contributed by atoms with Crippen LogP contribution in [0.4, 0.5) is 0 Å². The largest absolute Gasteiger partial charge is 0.255 e. The smallest absolute Gasteiger partial charge is 0.0187 e. The van der Waals surface area contributed by atoms with Gasteiger partial charge in [0.1, 0.15) is 0 Å². The summed E-state index contributed by atoms with van der Waals surface area (Å²) < 4.78 is 0. The third-order valence-electron chi connectivity index (χ3n) is 2.23. The van der Waals surface area contributed by atoms with Crippen LogP contribution in [0.25, 0.3) is 0 Å². The van der Waals surface area contributed by atoms with E-state index in [9.17, 15) is 0 Å². The summed E-state index contributed by atoms with van der Waals surface area (Å²) in [5.41, 5.74) is 6.74. The average Bonchev–Trinajstić information content (AvgIpc) is 1.98. The fourth-order valence-corrected chi connectivity index (χ4v) is 1.82. The van der Waals surface area contributed by atoms with E-state index in [0.29, 0.717) is 12.1 Å². The van der Waals surface area contributed by atoms with Gasteiger partial charge in [-0.3, -0.25) is 10.9 Å². The highest BCUT2D eigenvalue weighted by atomic mass is 15.4. The van der Waals surface area contributed by atoms with Crippen molar-refractivity contribution >= 4 is 0 Å². The van der Waals surface area contributed by atoms with E-state index >= 15 is 0 Å². The first kappa shape index (κ1) is 13.9. The lowest BCUT2D eigenvalue weighted by atomic mass is 10.1. The topological polar surface area (TPSA) is 24.1 Å². The fourth-order valence-electron chi connectivity index (χ4n) is 1.82. The molecule has 0 aliphatic heterocycles. The summed E-state index contributed by atoms with van der Waals surface area (Å²) in [5, 5.41) is 0. The predicted molar refractivity (Wildman–Crippen MR) is 64.1 cm³/mol. The van der Waals surface area contributed by atoms with Crippen molar-refractivity contribution in [1.82, 2.24) is 10.9 Å². The third-order valence-corrected chi connectivity index (χ3v) is 2.23. The Bertz CT molecular complexity index is 116. The van der Waals surface area contributed by atoms with E-state index in [-0.39, 0.29) is 0 Å². The molecule has 0 amide bonds. The van der Waals surface area contributed by atoms with Crippen molar-refractivity contribution in [3.05, 3.63) is 0 Å². The molecule has 2 N–H and O–H groups in total. The quantitative estimate of drug-likeness (QED) is 0.617. The van der Waals surface area contributed by atoms with Crippen LogP contribution >= 0.6 is 0 Å². The number of hydrazine groups is 1. The molecular weight excluding hydrogens is 172 g/mol. The summed E-state index contributed by atoms with van der Waals surface area (Å²) in [5.74, 6) is 1.53. The van der Waals surface area contributed by atoms with Crippen LogP contribution in [0.15, 0.2) is 0 Å². The zero-order valence-corrected chi connectivity index (χ0v) is 10.7. The first-order valence-electron chi connectivity index (χ1n) is 5.92. The summed E-state index contributed by atoms with van der Waals surface area (Å²) in [6.07, 6.45) is 2.45. The van der Waals surface area contributed by atoms with Crippen LogP contribution in [-0.4, -0.2) is 12.1 Å². The highest BCUT2D eigenvalue weighted by molar-refractivity contribution is 4.64. The Labute approximate surface area is 89.8 Å². The Balaban J connectivity index is 3.50. The Kier molecular flexibility index (Phi) is 7.20. The Morgan fingerprint density at radius 1 is 0.643 bits per heavy atom. The van der Waals surface area contributed by atoms with Crippen LogP contribution in [0.1, 0.15) is 54.4 Å². The number of rotatable bonds is 7. The van der Waals surface area contributed by atoms with Crippen LogP contribution in [0, 0.1) is 11.8 Å². The Hall–Kier alpha value is -0.0800. The molecule has 0 aliphatic carbocycles. The number of hydrogen-bond acceptors (Lipinski definition) is 2. The summed E-state index contributed by atoms with van der Waals surface area (Å²) in [4.78, 5) is 0. The van der Waals surface area contributed by atoms with E-state index < -0.39 is 0 Å². The van der Waals surface area contributed by atoms with Crippen LogP contribution in [0.3, 0.4) is 0 Å². The van der Waals surface area contributed by atoms with Gasteiger partial charge >= 0.3 is 0 Å². The molecule has 0 radical (unpaired) electrons. The first-order chi connectivity index (χ1) is 6.41. The van der Waals surface area contributed by atoms with Crippen molar-refractivity contribution in [2.45, 2.75) is 66.5 Å². The van der Waals surface area contributed by atoms with Gasteiger partial charge in [0.2, 0.25) is 0 Å². The molecule has 0 rings (SSSR count). The molecule has 0 unspecified atom stereocenters. The van der Waals surface area contributed by atoms with Gasteiger partial charge in [-0.15, -0.1) is 0 Å². The second-order valence-corrected chi connectivity index (χ2v) is 5.35. The van der Waals surface area contributed by atoms with Crippen molar-refractivity contribution in [1.29, 1.82) is 0 Å². The summed E-state index contributed by atoms with van der Waals surface area (Å²) in [7, 11) is 0. The molecule has 0 fully saturated rings. The summed E-state index contributed by atoms with van der Waals surface area (Å²) in [6.45, 7) is 13.5. The van der Waals surface area contributed by atoms with Crippen molar-refractivity contribution in [2.24, 2.45) is 11.8 Å². The third kappa shape index (κ3) is 8.52. The number of nitrogens with one attached hydrogen (secondary N) is 2. The van der Waals surface area contributed by atoms with E-state index in [2.05, 4.69) is 52.4 Å². The van der Waals surface area contributed by atoms with E-state index in [4.69, 9.17) is 0 Å². The van der Waals surface area contributed by atoms with Gasteiger partial charge in [0.05, 0.1) is 0 Å². The summed E-state index contributed by atoms with van der Waals surface area (Å²) >= 11 is 0. The first-order valence-corrected chi connectivity index (χ1v) is 5.92. The highest BCUT2D eigenvalue weighted by Gasteiger charge is 2.07. The maximum Gasteiger partial charge on any atom is 0.0187 e. The lowest BCUT2D eigenvalue weighted by molar-refractivity contribution is 0.331. The normalized spacial score (nSPS) is 16.3. The highest BCUT2D eigenvalue weighted by Crippen LogP contribution is 2.05. The lowest BCUT2D eigenvalue weighted by Crippen LogP contribution is -2.45. The minimum Gasteiger partial charge on any atom is -0.255 e. The van der Waals surface area contributed by atoms with Crippen molar-refractivity contribution in [2.75, 3.05) is 0 Å². The molecule has 2 heteroatoms. The maximum atomic E-state index is 3.37. The molecule has 86 valence electrons. The van der Waals surface area contributed by atoms with Crippen molar-refractivity contribution in [3.8, 4) is 0 Å². The zero-order chi connectivity index (χ0) is 11.1. The molecule has 0 aromatic rings. The van der Waals surface area contributed by atoms with Crippen LogP contribution in [-0.2, 0) is 0 Å². The van der Waals surface area contributed by atoms with E-state index in [1.54, 1.807) is 0 Å². The Morgan fingerprint density at radius 3 is 1.14 bits per heavy atom.